The van der Waals surface area contributed by atoms with Crippen molar-refractivity contribution >= 4 is 11.6 Å². The maximum Gasteiger partial charge on any atom is 0.254 e. The molecule has 0 spiro atoms. The van der Waals surface area contributed by atoms with E-state index in [0.717, 1.165) is 23.5 Å². The van der Waals surface area contributed by atoms with Crippen LogP contribution in [-0.4, -0.2) is 38.3 Å². The van der Waals surface area contributed by atoms with Crippen LogP contribution in [-0.2, 0) is 0 Å². The average Bonchev–Trinajstić information content (AvgIpc) is 2.76. The molecule has 0 radical (unpaired) electrons. The topological polar surface area (TPSA) is 79.5 Å². The number of hydrogen-bond acceptors (Lipinski definition) is 4. The summed E-state index contributed by atoms with van der Waals surface area (Å²) >= 11 is 0. The van der Waals surface area contributed by atoms with Crippen molar-refractivity contribution in [3.05, 3.63) is 29.2 Å². The van der Waals surface area contributed by atoms with Gasteiger partial charge in [0.25, 0.3) is 5.91 Å². The van der Waals surface area contributed by atoms with Crippen LogP contribution < -0.4 is 5.32 Å². The Morgan fingerprint density at radius 3 is 2.95 bits per heavy atom. The number of nitrogens with one attached hydrogen (secondary N) is 1. The number of aromatic nitrogens is 3. The Kier molecular flexibility index (Phi) is 4.34. The molecule has 2 aromatic rings. The van der Waals surface area contributed by atoms with Crippen LogP contribution in [0.15, 0.2) is 12.3 Å². The Morgan fingerprint density at radius 1 is 1.50 bits per heavy atom. The van der Waals surface area contributed by atoms with Crippen molar-refractivity contribution < 1.29 is 9.90 Å². The van der Waals surface area contributed by atoms with E-state index in [-0.39, 0.29) is 12.0 Å². The molecular formula is C14H20N4O2. The summed E-state index contributed by atoms with van der Waals surface area (Å²) in [5.41, 5.74) is 2.91. The number of aryl methyl sites for hydroxylation is 2. The fourth-order valence-corrected chi connectivity index (χ4v) is 2.08. The molecule has 2 N–H and O–H groups in total. The zero-order chi connectivity index (χ0) is 14.7. The van der Waals surface area contributed by atoms with Gasteiger partial charge in [0.05, 0.1) is 23.1 Å². The van der Waals surface area contributed by atoms with Crippen molar-refractivity contribution in [3.8, 4) is 0 Å². The van der Waals surface area contributed by atoms with E-state index in [9.17, 15) is 4.79 Å². The number of rotatable bonds is 5. The highest BCUT2D eigenvalue weighted by molar-refractivity contribution is 5.95. The molecule has 6 heteroatoms. The first-order valence-electron chi connectivity index (χ1n) is 6.77. The van der Waals surface area contributed by atoms with E-state index in [1.807, 2.05) is 19.9 Å². The van der Waals surface area contributed by atoms with Crippen molar-refractivity contribution in [3.63, 3.8) is 0 Å². The Morgan fingerprint density at radius 2 is 2.25 bits per heavy atom. The summed E-state index contributed by atoms with van der Waals surface area (Å²) in [7, 11) is 0. The second kappa shape index (κ2) is 6.00. The van der Waals surface area contributed by atoms with Gasteiger partial charge in [0.2, 0.25) is 0 Å². The summed E-state index contributed by atoms with van der Waals surface area (Å²) in [4.78, 5) is 16.3. The maximum atomic E-state index is 12.1. The zero-order valence-electron chi connectivity index (χ0n) is 12.1. The number of aliphatic hydroxyl groups is 1. The fourth-order valence-electron chi connectivity index (χ4n) is 2.08. The Balaban J connectivity index is 2.08. The summed E-state index contributed by atoms with van der Waals surface area (Å²) < 4.78 is 1.68. The molecule has 0 bridgehead atoms. The first-order valence-corrected chi connectivity index (χ1v) is 6.77. The maximum absolute atomic E-state index is 12.1. The largest absolute Gasteiger partial charge is 0.393 e. The SMILES string of the molecule is Cc1cc2ncc(C(=O)NCCCC(C)O)c(C)n2n1. The molecule has 0 saturated heterocycles. The van der Waals surface area contributed by atoms with E-state index < -0.39 is 0 Å². The van der Waals surface area contributed by atoms with Crippen LogP contribution in [0.3, 0.4) is 0 Å². The van der Waals surface area contributed by atoms with Gasteiger partial charge in [0, 0.05) is 18.8 Å². The first-order chi connectivity index (χ1) is 9.49. The van der Waals surface area contributed by atoms with Gasteiger partial charge in [-0.25, -0.2) is 9.50 Å². The van der Waals surface area contributed by atoms with Crippen molar-refractivity contribution in [2.75, 3.05) is 6.54 Å². The highest BCUT2D eigenvalue weighted by Gasteiger charge is 2.13. The van der Waals surface area contributed by atoms with E-state index >= 15 is 0 Å². The van der Waals surface area contributed by atoms with Gasteiger partial charge < -0.3 is 10.4 Å². The Labute approximate surface area is 117 Å². The molecule has 0 aliphatic heterocycles. The zero-order valence-corrected chi connectivity index (χ0v) is 12.1. The van der Waals surface area contributed by atoms with Gasteiger partial charge >= 0.3 is 0 Å². The minimum atomic E-state index is -0.335. The number of fused-ring (bicyclic) bond motifs is 1. The lowest BCUT2D eigenvalue weighted by Gasteiger charge is -2.09. The van der Waals surface area contributed by atoms with Gasteiger partial charge in [0.15, 0.2) is 5.65 Å². The van der Waals surface area contributed by atoms with E-state index in [0.29, 0.717) is 18.5 Å². The van der Waals surface area contributed by atoms with Gasteiger partial charge in [-0.1, -0.05) is 0 Å². The van der Waals surface area contributed by atoms with Crippen LogP contribution in [0.25, 0.3) is 5.65 Å². The van der Waals surface area contributed by atoms with Gasteiger partial charge in [-0.05, 0) is 33.6 Å². The molecule has 2 rings (SSSR count). The molecular weight excluding hydrogens is 256 g/mol. The summed E-state index contributed by atoms with van der Waals surface area (Å²) in [6.07, 6.45) is 2.67. The van der Waals surface area contributed by atoms with Gasteiger partial charge in [-0.3, -0.25) is 4.79 Å². The van der Waals surface area contributed by atoms with Crippen LogP contribution in [0, 0.1) is 13.8 Å². The first kappa shape index (κ1) is 14.5. The summed E-state index contributed by atoms with van der Waals surface area (Å²) in [6.45, 7) is 6.03. The van der Waals surface area contributed by atoms with E-state index in [1.165, 1.54) is 0 Å². The molecule has 0 saturated carbocycles. The molecule has 2 heterocycles. The molecule has 0 aliphatic rings. The standard InChI is InChI=1S/C14H20N4O2/c1-9-7-13-16-8-12(11(3)18(13)17-9)14(20)15-6-4-5-10(2)19/h7-8,10,19H,4-6H2,1-3H3,(H,15,20). The fraction of sp³-hybridized carbons (Fsp3) is 0.500. The van der Waals surface area contributed by atoms with Crippen LogP contribution >= 0.6 is 0 Å². The lowest BCUT2D eigenvalue weighted by atomic mass is 10.2. The summed E-state index contributed by atoms with van der Waals surface area (Å²) in [6, 6.07) is 1.87. The van der Waals surface area contributed by atoms with Crippen LogP contribution in [0.1, 0.15) is 41.5 Å². The van der Waals surface area contributed by atoms with E-state index in [1.54, 1.807) is 17.6 Å². The monoisotopic (exact) mass is 276 g/mol. The Hall–Kier alpha value is -1.95. The minimum Gasteiger partial charge on any atom is -0.393 e. The van der Waals surface area contributed by atoms with Crippen molar-refractivity contribution in [1.29, 1.82) is 0 Å². The Bertz CT molecular complexity index is 619. The second-order valence-corrected chi connectivity index (χ2v) is 5.06. The van der Waals surface area contributed by atoms with Gasteiger partial charge in [-0.15, -0.1) is 0 Å². The molecule has 1 amide bonds. The molecule has 0 aliphatic carbocycles. The highest BCUT2D eigenvalue weighted by atomic mass is 16.3. The number of carbonyl (C=O) groups is 1. The number of carbonyl (C=O) groups excluding carboxylic acids is 1. The van der Waals surface area contributed by atoms with Crippen molar-refractivity contribution in [1.82, 2.24) is 19.9 Å². The average molecular weight is 276 g/mol. The van der Waals surface area contributed by atoms with Gasteiger partial charge in [-0.2, -0.15) is 5.10 Å². The third kappa shape index (κ3) is 3.14. The van der Waals surface area contributed by atoms with Gasteiger partial charge in [0.1, 0.15) is 0 Å². The van der Waals surface area contributed by atoms with Crippen molar-refractivity contribution in [2.45, 2.75) is 39.7 Å². The lowest BCUT2D eigenvalue weighted by Crippen LogP contribution is -2.26. The number of hydrogen-bond donors (Lipinski definition) is 2. The number of aliphatic hydroxyl groups excluding tert-OH is 1. The quantitative estimate of drug-likeness (QED) is 0.805. The van der Waals surface area contributed by atoms with Crippen molar-refractivity contribution in [2.24, 2.45) is 0 Å². The minimum absolute atomic E-state index is 0.157. The predicted octanol–water partition coefficient (Wildman–Crippen LogP) is 1.24. The smallest absolute Gasteiger partial charge is 0.254 e. The lowest BCUT2D eigenvalue weighted by molar-refractivity contribution is 0.0948. The molecule has 0 fully saturated rings. The summed E-state index contributed by atoms with van der Waals surface area (Å²) in [5.74, 6) is -0.157. The number of amides is 1. The molecule has 0 aromatic carbocycles. The third-order valence-electron chi connectivity index (χ3n) is 3.17. The second-order valence-electron chi connectivity index (χ2n) is 5.06. The number of nitrogens with zero attached hydrogens (tertiary/aromatic N) is 3. The van der Waals surface area contributed by atoms with Crippen LogP contribution in [0.4, 0.5) is 0 Å². The van der Waals surface area contributed by atoms with Crippen LogP contribution in [0.2, 0.25) is 0 Å². The third-order valence-corrected chi connectivity index (χ3v) is 3.17. The molecule has 108 valence electrons. The normalized spacial score (nSPS) is 12.6. The molecule has 1 atom stereocenters. The predicted molar refractivity (Wildman–Crippen MR) is 75.7 cm³/mol. The van der Waals surface area contributed by atoms with Crippen LogP contribution in [0.5, 0.6) is 0 Å². The summed E-state index contributed by atoms with van der Waals surface area (Å²) in [5, 5.41) is 16.3. The molecule has 6 nitrogen and oxygen atoms in total. The van der Waals surface area contributed by atoms with E-state index in [4.69, 9.17) is 5.11 Å². The molecule has 20 heavy (non-hydrogen) atoms. The molecule has 2 aromatic heterocycles. The molecule has 1 unspecified atom stereocenters. The highest BCUT2D eigenvalue weighted by Crippen LogP contribution is 2.10. The van der Waals surface area contributed by atoms with E-state index in [2.05, 4.69) is 15.4 Å².